The summed E-state index contributed by atoms with van der Waals surface area (Å²) in [6, 6.07) is 15.0. The average molecular weight is 415 g/mol. The minimum atomic E-state index is -0.574. The van der Waals surface area contributed by atoms with Gasteiger partial charge in [-0.05, 0) is 42.0 Å². The summed E-state index contributed by atoms with van der Waals surface area (Å²) in [7, 11) is 1.64. The Bertz CT molecular complexity index is 875. The van der Waals surface area contributed by atoms with Gasteiger partial charge in [0.15, 0.2) is 6.61 Å². The number of hydrogen-bond acceptors (Lipinski definition) is 5. The molecule has 0 N–H and O–H groups in total. The Morgan fingerprint density at radius 1 is 1.03 bits per heavy atom. The number of piperazine rings is 1. The molecule has 1 fully saturated rings. The molecule has 1 heterocycles. The molecule has 1 amide bonds. The molecule has 6 nitrogen and oxygen atoms in total. The van der Waals surface area contributed by atoms with E-state index in [4.69, 9.17) is 21.1 Å². The summed E-state index contributed by atoms with van der Waals surface area (Å²) in [5, 5.41) is 0.544. The number of hydrogen-bond donors (Lipinski definition) is 0. The van der Waals surface area contributed by atoms with Crippen molar-refractivity contribution in [2.24, 2.45) is 0 Å². The lowest BCUT2D eigenvalue weighted by atomic mass is 10.2. The number of esters is 1. The molecule has 152 valence electrons. The maximum atomic E-state index is 12.3. The van der Waals surface area contributed by atoms with Crippen LogP contribution < -0.4 is 9.64 Å². The zero-order valence-electron chi connectivity index (χ0n) is 16.2. The van der Waals surface area contributed by atoms with Crippen molar-refractivity contribution < 1.29 is 19.1 Å². The fraction of sp³-hybridized carbons (Fsp3) is 0.273. The van der Waals surface area contributed by atoms with Gasteiger partial charge in [-0.25, -0.2) is 4.79 Å². The Kier molecular flexibility index (Phi) is 7.14. The van der Waals surface area contributed by atoms with Crippen molar-refractivity contribution in [3.05, 3.63) is 65.2 Å². The number of amides is 1. The van der Waals surface area contributed by atoms with E-state index in [1.165, 1.54) is 6.08 Å². The van der Waals surface area contributed by atoms with Crippen LogP contribution in [0.3, 0.4) is 0 Å². The number of carbonyl (C=O) groups excluding carboxylic acids is 2. The summed E-state index contributed by atoms with van der Waals surface area (Å²) >= 11 is 6.03. The van der Waals surface area contributed by atoms with E-state index in [0.717, 1.165) is 24.5 Å². The molecule has 1 aliphatic heterocycles. The van der Waals surface area contributed by atoms with Crippen LogP contribution in [0.2, 0.25) is 5.02 Å². The average Bonchev–Trinajstić information content (AvgIpc) is 2.77. The summed E-state index contributed by atoms with van der Waals surface area (Å²) in [5.41, 5.74) is 1.81. The van der Waals surface area contributed by atoms with E-state index in [0.29, 0.717) is 23.7 Å². The van der Waals surface area contributed by atoms with Crippen molar-refractivity contribution in [3.8, 4) is 5.75 Å². The first-order valence-electron chi connectivity index (χ1n) is 9.33. The summed E-state index contributed by atoms with van der Waals surface area (Å²) in [4.78, 5) is 28.1. The molecule has 29 heavy (non-hydrogen) atoms. The number of nitrogens with zero attached hydrogens (tertiary/aromatic N) is 2. The Morgan fingerprint density at radius 3 is 2.38 bits per heavy atom. The first kappa shape index (κ1) is 20.7. The molecule has 2 aromatic rings. The van der Waals surface area contributed by atoms with Crippen LogP contribution in [0.25, 0.3) is 6.08 Å². The molecule has 2 aromatic carbocycles. The number of rotatable bonds is 6. The zero-order chi connectivity index (χ0) is 20.6. The monoisotopic (exact) mass is 414 g/mol. The number of methoxy groups -OCH3 is 1. The predicted molar refractivity (Wildman–Crippen MR) is 113 cm³/mol. The molecular formula is C22H23ClN2O4. The van der Waals surface area contributed by atoms with E-state index in [1.807, 2.05) is 36.4 Å². The Hall–Kier alpha value is -2.99. The smallest absolute Gasteiger partial charge is 0.331 e. The Labute approximate surface area is 175 Å². The van der Waals surface area contributed by atoms with Crippen LogP contribution in [0, 0.1) is 0 Å². The topological polar surface area (TPSA) is 59.1 Å². The summed E-state index contributed by atoms with van der Waals surface area (Å²) in [6.45, 7) is 2.33. The minimum absolute atomic E-state index is 0.195. The van der Waals surface area contributed by atoms with Crippen LogP contribution in [0.15, 0.2) is 54.6 Å². The molecule has 0 aliphatic carbocycles. The summed E-state index contributed by atoms with van der Waals surface area (Å²) in [6.07, 6.45) is 2.85. The van der Waals surface area contributed by atoms with E-state index in [-0.39, 0.29) is 12.5 Å². The van der Waals surface area contributed by atoms with E-state index < -0.39 is 5.97 Å². The highest BCUT2D eigenvalue weighted by Crippen LogP contribution is 2.20. The molecule has 0 bridgehead atoms. The van der Waals surface area contributed by atoms with Gasteiger partial charge in [-0.2, -0.15) is 0 Å². The lowest BCUT2D eigenvalue weighted by Crippen LogP contribution is -2.49. The minimum Gasteiger partial charge on any atom is -0.497 e. The van der Waals surface area contributed by atoms with Gasteiger partial charge >= 0.3 is 5.97 Å². The van der Waals surface area contributed by atoms with Crippen LogP contribution in [0.5, 0.6) is 5.75 Å². The highest BCUT2D eigenvalue weighted by Gasteiger charge is 2.22. The largest absolute Gasteiger partial charge is 0.497 e. The molecule has 0 spiro atoms. The van der Waals surface area contributed by atoms with E-state index >= 15 is 0 Å². The van der Waals surface area contributed by atoms with Gasteiger partial charge in [-0.3, -0.25) is 4.79 Å². The van der Waals surface area contributed by atoms with Gasteiger partial charge in [0.1, 0.15) is 5.75 Å². The highest BCUT2D eigenvalue weighted by atomic mass is 35.5. The van der Waals surface area contributed by atoms with Crippen molar-refractivity contribution in [3.63, 3.8) is 0 Å². The Morgan fingerprint density at radius 2 is 1.72 bits per heavy atom. The molecule has 0 unspecified atom stereocenters. The number of halogens is 1. The third-order valence-electron chi connectivity index (χ3n) is 4.71. The number of carbonyl (C=O) groups is 2. The first-order valence-corrected chi connectivity index (χ1v) is 9.71. The van der Waals surface area contributed by atoms with Gasteiger partial charge < -0.3 is 19.3 Å². The molecule has 0 saturated carbocycles. The van der Waals surface area contributed by atoms with Gasteiger partial charge in [0.05, 0.1) is 7.11 Å². The Balaban J connectivity index is 1.43. The highest BCUT2D eigenvalue weighted by molar-refractivity contribution is 6.32. The molecule has 1 aliphatic rings. The van der Waals surface area contributed by atoms with Gasteiger partial charge in [0.25, 0.3) is 5.91 Å². The van der Waals surface area contributed by atoms with Crippen LogP contribution in [-0.2, 0) is 14.3 Å². The molecule has 0 aromatic heterocycles. The van der Waals surface area contributed by atoms with Crippen molar-refractivity contribution in [1.82, 2.24) is 4.90 Å². The first-order chi connectivity index (χ1) is 14.1. The third-order valence-corrected chi connectivity index (χ3v) is 5.06. The van der Waals surface area contributed by atoms with Crippen LogP contribution >= 0.6 is 11.6 Å². The molecular weight excluding hydrogens is 392 g/mol. The van der Waals surface area contributed by atoms with E-state index in [9.17, 15) is 9.59 Å². The van der Waals surface area contributed by atoms with Crippen LogP contribution in [0.1, 0.15) is 5.56 Å². The van der Waals surface area contributed by atoms with E-state index in [1.54, 1.807) is 30.2 Å². The SMILES string of the molecule is COc1ccc(N2CCN(C(=O)COC(=O)/C=C/c3ccccc3Cl)CC2)cc1. The van der Waals surface area contributed by atoms with Crippen molar-refractivity contribution in [2.75, 3.05) is 44.8 Å². The molecule has 7 heteroatoms. The molecule has 1 saturated heterocycles. The van der Waals surface area contributed by atoms with Gasteiger partial charge in [0.2, 0.25) is 0 Å². The van der Waals surface area contributed by atoms with E-state index in [2.05, 4.69) is 4.90 Å². The number of ether oxygens (including phenoxy) is 2. The maximum absolute atomic E-state index is 12.3. The van der Waals surface area contributed by atoms with Crippen molar-refractivity contribution >= 4 is 35.2 Å². The second kappa shape index (κ2) is 9.98. The number of anilines is 1. The van der Waals surface area contributed by atoms with Gasteiger partial charge in [0, 0.05) is 43.0 Å². The van der Waals surface area contributed by atoms with Crippen molar-refractivity contribution in [1.29, 1.82) is 0 Å². The summed E-state index contributed by atoms with van der Waals surface area (Å²) < 4.78 is 10.2. The van der Waals surface area contributed by atoms with Crippen molar-refractivity contribution in [2.45, 2.75) is 0 Å². The maximum Gasteiger partial charge on any atom is 0.331 e. The van der Waals surface area contributed by atoms with Gasteiger partial charge in [-0.15, -0.1) is 0 Å². The fourth-order valence-corrected chi connectivity index (χ4v) is 3.25. The standard InChI is InChI=1S/C22H23ClN2O4/c1-28-19-9-7-18(8-10-19)24-12-14-25(15-13-24)21(26)16-29-22(27)11-6-17-4-2-3-5-20(17)23/h2-11H,12-16H2,1H3/b11-6+. The van der Waals surface area contributed by atoms with Crippen LogP contribution in [-0.4, -0.2) is 56.7 Å². The second-order valence-corrected chi connectivity index (χ2v) is 6.94. The lowest BCUT2D eigenvalue weighted by Gasteiger charge is -2.36. The molecule has 0 atom stereocenters. The fourth-order valence-electron chi connectivity index (χ4n) is 3.05. The number of benzene rings is 2. The normalized spacial score (nSPS) is 14.1. The third kappa shape index (κ3) is 5.74. The summed E-state index contributed by atoms with van der Waals surface area (Å²) in [5.74, 6) is 0.0435. The second-order valence-electron chi connectivity index (χ2n) is 6.53. The lowest BCUT2D eigenvalue weighted by molar-refractivity contribution is -0.148. The van der Waals surface area contributed by atoms with Gasteiger partial charge in [-0.1, -0.05) is 29.8 Å². The molecule has 3 rings (SSSR count). The predicted octanol–water partition coefficient (Wildman–Crippen LogP) is 3.25. The van der Waals surface area contributed by atoms with Crippen LogP contribution in [0.4, 0.5) is 5.69 Å². The quantitative estimate of drug-likeness (QED) is 0.536. The molecule has 0 radical (unpaired) electrons. The zero-order valence-corrected chi connectivity index (χ0v) is 17.0.